The van der Waals surface area contributed by atoms with Crippen molar-refractivity contribution >= 4 is 17.3 Å². The van der Waals surface area contributed by atoms with Gasteiger partial charge in [0, 0.05) is 26.0 Å². The molecule has 0 saturated carbocycles. The Hall–Kier alpha value is -3.61. The van der Waals surface area contributed by atoms with Crippen LogP contribution < -0.4 is 15.0 Å². The molecule has 0 atom stereocenters. The van der Waals surface area contributed by atoms with E-state index >= 15 is 0 Å². The standard InChI is InChI=1S/C23H24N6O/c1-4-16-8-10-29-21(12-16)26-15(2)22(29)18-7-9-24-23(27-18)25-13-17-5-6-19-20(11-17)30-14-28(19)3/h5-12H,4,13-14H2,1-3H3,(H,24,25,27). The van der Waals surface area contributed by atoms with Crippen LogP contribution in [0.2, 0.25) is 0 Å². The summed E-state index contributed by atoms with van der Waals surface area (Å²) in [6.07, 6.45) is 4.84. The van der Waals surface area contributed by atoms with Crippen LogP contribution in [0.5, 0.6) is 5.75 Å². The monoisotopic (exact) mass is 400 g/mol. The predicted molar refractivity (Wildman–Crippen MR) is 118 cm³/mol. The first-order valence-corrected chi connectivity index (χ1v) is 10.1. The van der Waals surface area contributed by atoms with Gasteiger partial charge in [-0.25, -0.2) is 15.0 Å². The average molecular weight is 400 g/mol. The van der Waals surface area contributed by atoms with E-state index in [4.69, 9.17) is 14.7 Å². The number of ether oxygens (including phenoxy) is 1. The Balaban J connectivity index is 1.40. The first-order valence-electron chi connectivity index (χ1n) is 10.1. The minimum atomic E-state index is 0.588. The lowest BCUT2D eigenvalue weighted by molar-refractivity contribution is 0.353. The van der Waals surface area contributed by atoms with Crippen LogP contribution in [0.1, 0.15) is 23.7 Å². The maximum absolute atomic E-state index is 5.70. The highest BCUT2D eigenvalue weighted by Crippen LogP contribution is 2.33. The first kappa shape index (κ1) is 18.4. The molecule has 30 heavy (non-hydrogen) atoms. The van der Waals surface area contributed by atoms with Gasteiger partial charge in [0.1, 0.15) is 11.4 Å². The molecule has 0 amide bonds. The van der Waals surface area contributed by atoms with Crippen molar-refractivity contribution in [3.05, 3.63) is 65.6 Å². The summed E-state index contributed by atoms with van der Waals surface area (Å²) in [7, 11) is 2.02. The fourth-order valence-corrected chi connectivity index (χ4v) is 3.83. The molecule has 0 saturated heterocycles. The van der Waals surface area contributed by atoms with Gasteiger partial charge in [-0.05, 0) is 54.8 Å². The molecule has 3 aromatic heterocycles. The molecule has 7 heteroatoms. The smallest absolute Gasteiger partial charge is 0.223 e. The highest BCUT2D eigenvalue weighted by molar-refractivity contribution is 5.65. The number of benzene rings is 1. The Kier molecular flexibility index (Phi) is 4.50. The van der Waals surface area contributed by atoms with Crippen LogP contribution in [0.3, 0.4) is 0 Å². The first-order chi connectivity index (χ1) is 14.6. The van der Waals surface area contributed by atoms with Crippen LogP contribution in [-0.2, 0) is 13.0 Å². The number of hydrogen-bond acceptors (Lipinski definition) is 6. The molecule has 1 aliphatic rings. The average Bonchev–Trinajstić information content (AvgIpc) is 3.30. The van der Waals surface area contributed by atoms with Crippen molar-refractivity contribution in [2.75, 3.05) is 24.0 Å². The number of aryl methyl sites for hydroxylation is 2. The van der Waals surface area contributed by atoms with E-state index in [0.29, 0.717) is 19.2 Å². The van der Waals surface area contributed by atoms with Gasteiger partial charge in [0.2, 0.25) is 5.95 Å². The van der Waals surface area contributed by atoms with E-state index in [-0.39, 0.29) is 0 Å². The van der Waals surface area contributed by atoms with E-state index in [1.807, 2.05) is 20.0 Å². The van der Waals surface area contributed by atoms with Crippen LogP contribution in [0, 0.1) is 6.92 Å². The maximum Gasteiger partial charge on any atom is 0.223 e. The van der Waals surface area contributed by atoms with Gasteiger partial charge in [0.25, 0.3) is 0 Å². The van der Waals surface area contributed by atoms with Gasteiger partial charge in [0.05, 0.1) is 22.8 Å². The van der Waals surface area contributed by atoms with Gasteiger partial charge in [0.15, 0.2) is 6.73 Å². The lowest BCUT2D eigenvalue weighted by Gasteiger charge is -2.10. The Morgan fingerprint density at radius 2 is 2.00 bits per heavy atom. The highest BCUT2D eigenvalue weighted by atomic mass is 16.5. The van der Waals surface area contributed by atoms with Gasteiger partial charge in [-0.15, -0.1) is 0 Å². The van der Waals surface area contributed by atoms with Crippen molar-refractivity contribution in [2.24, 2.45) is 0 Å². The fourth-order valence-electron chi connectivity index (χ4n) is 3.83. The number of fused-ring (bicyclic) bond motifs is 2. The second kappa shape index (κ2) is 7.33. The molecule has 0 radical (unpaired) electrons. The third kappa shape index (κ3) is 3.22. The van der Waals surface area contributed by atoms with Gasteiger partial charge < -0.3 is 15.0 Å². The van der Waals surface area contributed by atoms with E-state index in [0.717, 1.165) is 46.2 Å². The summed E-state index contributed by atoms with van der Waals surface area (Å²) in [4.78, 5) is 15.9. The zero-order chi connectivity index (χ0) is 20.7. The van der Waals surface area contributed by atoms with Crippen molar-refractivity contribution in [2.45, 2.75) is 26.8 Å². The zero-order valence-corrected chi connectivity index (χ0v) is 17.4. The number of pyridine rings is 1. The number of anilines is 2. The predicted octanol–water partition coefficient (Wildman–Crippen LogP) is 4.06. The normalized spacial score (nSPS) is 12.8. The van der Waals surface area contributed by atoms with E-state index in [1.165, 1.54) is 5.56 Å². The Labute approximate surface area is 175 Å². The lowest BCUT2D eigenvalue weighted by Crippen LogP contribution is -2.14. The number of nitrogens with one attached hydrogen (secondary N) is 1. The van der Waals surface area contributed by atoms with Crippen LogP contribution in [0.25, 0.3) is 17.0 Å². The van der Waals surface area contributed by atoms with Crippen LogP contribution in [0.4, 0.5) is 11.6 Å². The third-order valence-corrected chi connectivity index (χ3v) is 5.47. The van der Waals surface area contributed by atoms with Gasteiger partial charge in [-0.1, -0.05) is 13.0 Å². The summed E-state index contributed by atoms with van der Waals surface area (Å²) in [5.74, 6) is 1.50. The molecule has 5 rings (SSSR count). The Morgan fingerprint density at radius 3 is 2.87 bits per heavy atom. The third-order valence-electron chi connectivity index (χ3n) is 5.47. The summed E-state index contributed by atoms with van der Waals surface area (Å²) in [6, 6.07) is 12.4. The van der Waals surface area contributed by atoms with Crippen molar-refractivity contribution < 1.29 is 4.74 Å². The molecular weight excluding hydrogens is 376 g/mol. The number of nitrogens with zero attached hydrogens (tertiary/aromatic N) is 5. The number of rotatable bonds is 5. The van der Waals surface area contributed by atoms with Crippen molar-refractivity contribution in [3.63, 3.8) is 0 Å². The summed E-state index contributed by atoms with van der Waals surface area (Å²) in [6.45, 7) is 5.38. The molecule has 4 heterocycles. The minimum absolute atomic E-state index is 0.588. The molecule has 0 aliphatic carbocycles. The summed E-state index contributed by atoms with van der Waals surface area (Å²) in [5, 5.41) is 3.33. The van der Waals surface area contributed by atoms with E-state index in [9.17, 15) is 0 Å². The minimum Gasteiger partial charge on any atom is -0.471 e. The molecule has 0 unspecified atom stereocenters. The zero-order valence-electron chi connectivity index (χ0n) is 17.4. The molecule has 0 bridgehead atoms. The lowest BCUT2D eigenvalue weighted by atomic mass is 10.2. The molecular formula is C23H24N6O. The number of hydrogen-bond donors (Lipinski definition) is 1. The second-order valence-corrected chi connectivity index (χ2v) is 7.56. The molecule has 0 spiro atoms. The largest absolute Gasteiger partial charge is 0.471 e. The molecule has 7 nitrogen and oxygen atoms in total. The summed E-state index contributed by atoms with van der Waals surface area (Å²) in [5.41, 5.74) is 7.25. The quantitative estimate of drug-likeness (QED) is 0.545. The number of imidazole rings is 1. The van der Waals surface area contributed by atoms with Crippen molar-refractivity contribution in [3.8, 4) is 17.1 Å². The van der Waals surface area contributed by atoms with E-state index < -0.39 is 0 Å². The van der Waals surface area contributed by atoms with Crippen molar-refractivity contribution in [1.29, 1.82) is 0 Å². The van der Waals surface area contributed by atoms with Crippen LogP contribution in [0.15, 0.2) is 48.8 Å². The molecule has 1 aromatic carbocycles. The topological polar surface area (TPSA) is 67.6 Å². The molecule has 1 N–H and O–H groups in total. The molecule has 152 valence electrons. The summed E-state index contributed by atoms with van der Waals surface area (Å²) < 4.78 is 7.79. The fraction of sp³-hybridized carbons (Fsp3) is 0.261. The van der Waals surface area contributed by atoms with Crippen LogP contribution in [-0.4, -0.2) is 33.1 Å². The summed E-state index contributed by atoms with van der Waals surface area (Å²) >= 11 is 0. The number of aromatic nitrogens is 4. The molecule has 1 aliphatic heterocycles. The second-order valence-electron chi connectivity index (χ2n) is 7.56. The SMILES string of the molecule is CCc1ccn2c(-c3ccnc(NCc4ccc5c(c4)OCN5C)n3)c(C)nc2c1. The van der Waals surface area contributed by atoms with E-state index in [1.54, 1.807) is 6.20 Å². The molecule has 0 fully saturated rings. The Bertz CT molecular complexity index is 1230. The van der Waals surface area contributed by atoms with Gasteiger partial charge in [-0.2, -0.15) is 0 Å². The maximum atomic E-state index is 5.70. The van der Waals surface area contributed by atoms with E-state index in [2.05, 4.69) is 63.1 Å². The van der Waals surface area contributed by atoms with Crippen molar-refractivity contribution in [1.82, 2.24) is 19.4 Å². The highest BCUT2D eigenvalue weighted by Gasteiger charge is 2.17. The van der Waals surface area contributed by atoms with Crippen LogP contribution >= 0.6 is 0 Å². The van der Waals surface area contributed by atoms with Gasteiger partial charge >= 0.3 is 0 Å². The van der Waals surface area contributed by atoms with Gasteiger partial charge in [-0.3, -0.25) is 4.40 Å². The Morgan fingerprint density at radius 1 is 1.10 bits per heavy atom. The molecule has 4 aromatic rings.